The summed E-state index contributed by atoms with van der Waals surface area (Å²) in [5.74, 6) is 0.387. The highest BCUT2D eigenvalue weighted by molar-refractivity contribution is 7.89. The van der Waals surface area contributed by atoms with Crippen molar-refractivity contribution < 1.29 is 17.7 Å². The van der Waals surface area contributed by atoms with Crippen molar-refractivity contribution in [3.8, 4) is 11.4 Å². The fourth-order valence-corrected chi connectivity index (χ4v) is 4.33. The summed E-state index contributed by atoms with van der Waals surface area (Å²) >= 11 is 0. The first-order valence-electron chi connectivity index (χ1n) is 10.5. The first kappa shape index (κ1) is 23.6. The number of hydrogen-bond donors (Lipinski definition) is 2. The molecule has 170 valence electrons. The molecule has 0 radical (unpaired) electrons. The molecule has 3 rings (SSSR count). The minimum Gasteiger partial charge on any atom is -0.340 e. The van der Waals surface area contributed by atoms with Gasteiger partial charge in [-0.15, -0.1) is 0 Å². The highest BCUT2D eigenvalue weighted by Gasteiger charge is 2.26. The van der Waals surface area contributed by atoms with E-state index < -0.39 is 16.1 Å². The van der Waals surface area contributed by atoms with Crippen molar-refractivity contribution in [2.75, 3.05) is 0 Å². The zero-order chi connectivity index (χ0) is 23.3. The van der Waals surface area contributed by atoms with Crippen LogP contribution < -0.4 is 10.0 Å². The van der Waals surface area contributed by atoms with E-state index in [4.69, 9.17) is 4.52 Å². The highest BCUT2D eigenvalue weighted by Crippen LogP contribution is 2.24. The monoisotopic (exact) mass is 456 g/mol. The lowest BCUT2D eigenvalue weighted by molar-refractivity contribution is 0.0914. The van der Waals surface area contributed by atoms with E-state index in [0.29, 0.717) is 23.7 Å². The number of nitrogens with one attached hydrogen (secondary N) is 2. The van der Waals surface area contributed by atoms with Crippen LogP contribution in [-0.2, 0) is 10.0 Å². The summed E-state index contributed by atoms with van der Waals surface area (Å²) in [6.45, 7) is 7.57. The molecule has 0 fully saturated rings. The fraction of sp³-hybridized carbons (Fsp3) is 0.348. The minimum atomic E-state index is -3.63. The second-order valence-corrected chi connectivity index (χ2v) is 9.69. The third-order valence-electron chi connectivity index (χ3n) is 5.09. The molecule has 1 aromatic heterocycles. The first-order chi connectivity index (χ1) is 15.2. The van der Waals surface area contributed by atoms with Crippen molar-refractivity contribution in [3.05, 3.63) is 66.1 Å². The molecule has 0 unspecified atom stereocenters. The number of nitrogens with zero attached hydrogens (tertiary/aromatic N) is 2. The zero-order valence-electron chi connectivity index (χ0n) is 18.6. The van der Waals surface area contributed by atoms with E-state index in [2.05, 4.69) is 20.2 Å². The number of hydrogen-bond acceptors (Lipinski definition) is 6. The number of aromatic nitrogens is 2. The molecule has 1 heterocycles. The van der Waals surface area contributed by atoms with Crippen LogP contribution in [0, 0.1) is 5.92 Å². The number of benzene rings is 2. The van der Waals surface area contributed by atoms with Crippen molar-refractivity contribution in [3.63, 3.8) is 0 Å². The van der Waals surface area contributed by atoms with Gasteiger partial charge in [-0.2, -0.15) is 4.98 Å². The van der Waals surface area contributed by atoms with Crippen molar-refractivity contribution in [2.45, 2.75) is 51.1 Å². The third-order valence-corrected chi connectivity index (χ3v) is 6.69. The van der Waals surface area contributed by atoms with Gasteiger partial charge >= 0.3 is 0 Å². The summed E-state index contributed by atoms with van der Waals surface area (Å²) < 4.78 is 32.9. The maximum absolute atomic E-state index is 12.8. The quantitative estimate of drug-likeness (QED) is 0.504. The summed E-state index contributed by atoms with van der Waals surface area (Å²) in [5.41, 5.74) is 1.15. The number of carbonyl (C=O) groups excluding carboxylic acids is 1. The van der Waals surface area contributed by atoms with Crippen LogP contribution in [-0.4, -0.2) is 30.5 Å². The molecule has 8 nitrogen and oxygen atoms in total. The van der Waals surface area contributed by atoms with Gasteiger partial charge < -0.3 is 9.84 Å². The zero-order valence-corrected chi connectivity index (χ0v) is 19.4. The smallest absolute Gasteiger partial charge is 0.251 e. The van der Waals surface area contributed by atoms with Crippen LogP contribution in [0.1, 0.15) is 56.4 Å². The van der Waals surface area contributed by atoms with Gasteiger partial charge in [0.2, 0.25) is 21.7 Å². The molecule has 0 bridgehead atoms. The third kappa shape index (κ3) is 5.60. The Hall–Kier alpha value is -3.04. The van der Waals surface area contributed by atoms with E-state index in [1.165, 1.54) is 24.3 Å². The Kier molecular flexibility index (Phi) is 7.42. The second-order valence-electron chi connectivity index (χ2n) is 7.97. The Morgan fingerprint density at radius 2 is 1.69 bits per heavy atom. The van der Waals surface area contributed by atoms with Gasteiger partial charge in [0, 0.05) is 17.2 Å². The maximum atomic E-state index is 12.8. The Balaban J connectivity index is 1.75. The Labute approximate surface area is 188 Å². The Morgan fingerprint density at radius 1 is 1.03 bits per heavy atom. The SMILES string of the molecule is CC[C@@H](C)NS(=O)(=O)c1ccc(C(=O)N[C@@H](c2nc(-c3ccccc3)no2)C(C)C)cc1. The average molecular weight is 457 g/mol. The summed E-state index contributed by atoms with van der Waals surface area (Å²) in [6.07, 6.45) is 0.679. The van der Waals surface area contributed by atoms with Crippen LogP contribution in [0.5, 0.6) is 0 Å². The normalized spacial score (nSPS) is 13.7. The van der Waals surface area contributed by atoms with Crippen LogP contribution in [0.15, 0.2) is 64.0 Å². The molecule has 2 N–H and O–H groups in total. The molecule has 2 atom stereocenters. The molecule has 0 aliphatic carbocycles. The summed E-state index contributed by atoms with van der Waals surface area (Å²) in [7, 11) is -3.63. The van der Waals surface area contributed by atoms with E-state index in [1.807, 2.05) is 51.1 Å². The predicted octanol–water partition coefficient (Wildman–Crippen LogP) is 3.94. The lowest BCUT2D eigenvalue weighted by Crippen LogP contribution is -2.33. The molecular weight excluding hydrogens is 428 g/mol. The lowest BCUT2D eigenvalue weighted by Gasteiger charge is -2.18. The molecule has 2 aromatic carbocycles. The van der Waals surface area contributed by atoms with E-state index in [0.717, 1.165) is 5.56 Å². The number of rotatable bonds is 9. The van der Waals surface area contributed by atoms with Crippen LogP contribution >= 0.6 is 0 Å². The highest BCUT2D eigenvalue weighted by atomic mass is 32.2. The number of amides is 1. The van der Waals surface area contributed by atoms with Crippen LogP contribution in [0.2, 0.25) is 0 Å². The molecule has 1 amide bonds. The molecule has 0 saturated heterocycles. The molecule has 0 saturated carbocycles. The Morgan fingerprint density at radius 3 is 2.28 bits per heavy atom. The summed E-state index contributed by atoms with van der Waals surface area (Å²) in [6, 6.07) is 14.6. The lowest BCUT2D eigenvalue weighted by atomic mass is 10.0. The van der Waals surface area contributed by atoms with Crippen LogP contribution in [0.25, 0.3) is 11.4 Å². The minimum absolute atomic E-state index is 0.0117. The van der Waals surface area contributed by atoms with Crippen molar-refractivity contribution >= 4 is 15.9 Å². The Bertz CT molecular complexity index is 1140. The van der Waals surface area contributed by atoms with Crippen molar-refractivity contribution in [2.24, 2.45) is 5.92 Å². The average Bonchev–Trinajstić information content (AvgIpc) is 3.27. The van der Waals surface area contributed by atoms with Gasteiger partial charge in [0.15, 0.2) is 0 Å². The number of sulfonamides is 1. The van der Waals surface area contributed by atoms with E-state index in [1.54, 1.807) is 6.92 Å². The van der Waals surface area contributed by atoms with Gasteiger partial charge in [0.1, 0.15) is 6.04 Å². The predicted molar refractivity (Wildman–Crippen MR) is 121 cm³/mol. The molecule has 32 heavy (non-hydrogen) atoms. The summed E-state index contributed by atoms with van der Waals surface area (Å²) in [4.78, 5) is 17.4. The first-order valence-corrected chi connectivity index (χ1v) is 12.0. The summed E-state index contributed by atoms with van der Waals surface area (Å²) in [5, 5.41) is 6.94. The van der Waals surface area contributed by atoms with Crippen LogP contribution in [0.4, 0.5) is 0 Å². The molecule has 0 aliphatic heterocycles. The van der Waals surface area contributed by atoms with Gasteiger partial charge in [-0.25, -0.2) is 13.1 Å². The molecule has 0 spiro atoms. The van der Waals surface area contributed by atoms with Gasteiger partial charge in [-0.05, 0) is 43.5 Å². The van der Waals surface area contributed by atoms with Gasteiger partial charge in [0.25, 0.3) is 5.91 Å². The van der Waals surface area contributed by atoms with E-state index in [-0.39, 0.29) is 22.8 Å². The van der Waals surface area contributed by atoms with Crippen molar-refractivity contribution in [1.29, 1.82) is 0 Å². The van der Waals surface area contributed by atoms with Gasteiger partial charge in [-0.1, -0.05) is 56.3 Å². The van der Waals surface area contributed by atoms with Crippen LogP contribution in [0.3, 0.4) is 0 Å². The van der Waals surface area contributed by atoms with Gasteiger partial charge in [-0.3, -0.25) is 4.79 Å². The molecule has 0 aliphatic rings. The van der Waals surface area contributed by atoms with Gasteiger partial charge in [0.05, 0.1) is 4.90 Å². The van der Waals surface area contributed by atoms with E-state index in [9.17, 15) is 13.2 Å². The standard InChI is InChI=1S/C23H28N4O4S/c1-5-16(4)27-32(29,30)19-13-11-18(12-14-19)22(28)24-20(15(2)3)23-25-21(26-31-23)17-9-7-6-8-10-17/h6-16,20,27H,5H2,1-4H3,(H,24,28)/t16-,20-/m1/s1. The van der Waals surface area contributed by atoms with E-state index >= 15 is 0 Å². The fourth-order valence-electron chi connectivity index (χ4n) is 3.01. The topological polar surface area (TPSA) is 114 Å². The second kappa shape index (κ2) is 10.1. The largest absolute Gasteiger partial charge is 0.340 e. The molecular formula is C23H28N4O4S. The molecule has 3 aromatic rings. The maximum Gasteiger partial charge on any atom is 0.251 e. The molecule has 9 heteroatoms. The van der Waals surface area contributed by atoms with Crippen molar-refractivity contribution in [1.82, 2.24) is 20.2 Å². The number of carbonyl (C=O) groups is 1.